The van der Waals surface area contributed by atoms with E-state index in [2.05, 4.69) is 20.4 Å². The molecule has 1 aliphatic rings. The molecule has 0 spiro atoms. The van der Waals surface area contributed by atoms with Gasteiger partial charge in [0, 0.05) is 23.9 Å². The highest BCUT2D eigenvalue weighted by Gasteiger charge is 2.51. The van der Waals surface area contributed by atoms with Crippen LogP contribution in [0.15, 0.2) is 60.1 Å². The Morgan fingerprint density at radius 1 is 1.21 bits per heavy atom. The molecule has 1 aliphatic heterocycles. The van der Waals surface area contributed by atoms with Crippen molar-refractivity contribution in [3.63, 3.8) is 0 Å². The van der Waals surface area contributed by atoms with E-state index in [1.54, 1.807) is 13.1 Å². The maximum absolute atomic E-state index is 13.2. The van der Waals surface area contributed by atoms with Crippen LogP contribution >= 0.6 is 0 Å². The minimum Gasteiger partial charge on any atom is -0.463 e. The molecular formula is C25H28N4O4. The van der Waals surface area contributed by atoms with Crippen molar-refractivity contribution in [3.05, 3.63) is 66.2 Å². The van der Waals surface area contributed by atoms with Crippen LogP contribution in [0.3, 0.4) is 0 Å². The predicted molar refractivity (Wildman–Crippen MR) is 124 cm³/mol. The minimum absolute atomic E-state index is 0.0349. The fourth-order valence-electron chi connectivity index (χ4n) is 4.11. The Labute approximate surface area is 192 Å². The van der Waals surface area contributed by atoms with Gasteiger partial charge in [0.25, 0.3) is 5.60 Å². The molecule has 0 saturated carbocycles. The summed E-state index contributed by atoms with van der Waals surface area (Å²) >= 11 is 0. The molecule has 33 heavy (non-hydrogen) atoms. The monoisotopic (exact) mass is 448 g/mol. The Morgan fingerprint density at radius 3 is 2.70 bits per heavy atom. The van der Waals surface area contributed by atoms with Crippen molar-refractivity contribution in [1.82, 2.24) is 15.3 Å². The highest BCUT2D eigenvalue weighted by Crippen LogP contribution is 2.39. The molecule has 1 aromatic heterocycles. The third-order valence-electron chi connectivity index (χ3n) is 5.82. The van der Waals surface area contributed by atoms with E-state index in [0.717, 1.165) is 16.5 Å². The molecular weight excluding hydrogens is 420 g/mol. The second kappa shape index (κ2) is 9.44. The Hall–Kier alpha value is -3.68. The zero-order chi connectivity index (χ0) is 23.4. The molecule has 0 aliphatic carbocycles. The summed E-state index contributed by atoms with van der Waals surface area (Å²) in [6.07, 6.45) is 3.52. The summed E-state index contributed by atoms with van der Waals surface area (Å²) in [4.78, 5) is 38.6. The van der Waals surface area contributed by atoms with E-state index in [1.807, 2.05) is 56.3 Å². The number of ether oxygens (including phenoxy) is 1. The van der Waals surface area contributed by atoms with Crippen molar-refractivity contribution in [1.29, 1.82) is 0 Å². The van der Waals surface area contributed by atoms with Crippen LogP contribution in [0.5, 0.6) is 0 Å². The van der Waals surface area contributed by atoms with Gasteiger partial charge in [-0.05, 0) is 29.7 Å². The van der Waals surface area contributed by atoms with E-state index in [-0.39, 0.29) is 31.3 Å². The number of benzene rings is 2. The number of nitrogens with one attached hydrogen (secondary N) is 2. The van der Waals surface area contributed by atoms with Crippen molar-refractivity contribution >= 4 is 28.4 Å². The van der Waals surface area contributed by atoms with Crippen molar-refractivity contribution in [2.24, 2.45) is 11.1 Å². The van der Waals surface area contributed by atoms with Gasteiger partial charge < -0.3 is 19.9 Å². The van der Waals surface area contributed by atoms with Crippen LogP contribution in [0.1, 0.15) is 38.4 Å². The Kier molecular flexibility index (Phi) is 6.44. The van der Waals surface area contributed by atoms with Gasteiger partial charge in [-0.3, -0.25) is 4.79 Å². The van der Waals surface area contributed by atoms with E-state index in [9.17, 15) is 9.59 Å². The smallest absolute Gasteiger partial charge is 0.358 e. The lowest BCUT2D eigenvalue weighted by Gasteiger charge is -2.26. The van der Waals surface area contributed by atoms with Crippen LogP contribution < -0.4 is 5.32 Å². The quantitative estimate of drug-likeness (QED) is 0.513. The zero-order valence-electron chi connectivity index (χ0n) is 19.0. The molecule has 172 valence electrons. The van der Waals surface area contributed by atoms with E-state index < -0.39 is 17.6 Å². The molecule has 2 atom stereocenters. The van der Waals surface area contributed by atoms with E-state index >= 15 is 0 Å². The largest absolute Gasteiger partial charge is 0.463 e. The van der Waals surface area contributed by atoms with Gasteiger partial charge in [0.1, 0.15) is 0 Å². The maximum atomic E-state index is 13.2. The number of rotatable bonds is 8. The standard InChI is InChI=1S/C25H28N4O4/c1-4-32-24(31)25(19-10-9-17-7-5-6-8-18(17)11-19)13-21(29-33-25)23(16(2)3)28-22(30)12-20-14-26-15-27-20/h5-11,14-16,23H,4,12-13H2,1-3H3,(H,26,27)(H,28,30)/t23-,25?/m0/s1. The third kappa shape index (κ3) is 4.60. The number of aromatic nitrogens is 2. The minimum atomic E-state index is -1.39. The first-order valence-corrected chi connectivity index (χ1v) is 11.1. The average Bonchev–Trinajstić information content (AvgIpc) is 3.48. The van der Waals surface area contributed by atoms with Crippen molar-refractivity contribution in [2.75, 3.05) is 6.61 Å². The van der Waals surface area contributed by atoms with Crippen LogP contribution in [-0.4, -0.2) is 40.2 Å². The lowest BCUT2D eigenvalue weighted by molar-refractivity contribution is -0.170. The van der Waals surface area contributed by atoms with Gasteiger partial charge in [0.15, 0.2) is 0 Å². The summed E-state index contributed by atoms with van der Waals surface area (Å²) < 4.78 is 5.40. The van der Waals surface area contributed by atoms with Crippen molar-refractivity contribution < 1.29 is 19.2 Å². The lowest BCUT2D eigenvalue weighted by atomic mass is 9.84. The van der Waals surface area contributed by atoms with Crippen LogP contribution in [-0.2, 0) is 31.2 Å². The number of fused-ring (bicyclic) bond motifs is 1. The summed E-state index contributed by atoms with van der Waals surface area (Å²) in [7, 11) is 0. The molecule has 2 aromatic carbocycles. The highest BCUT2D eigenvalue weighted by atomic mass is 16.7. The number of hydrogen-bond acceptors (Lipinski definition) is 6. The fraction of sp³-hybridized carbons (Fsp3) is 0.360. The first-order chi connectivity index (χ1) is 15.9. The fourth-order valence-corrected chi connectivity index (χ4v) is 4.11. The maximum Gasteiger partial charge on any atom is 0.358 e. The van der Waals surface area contributed by atoms with Gasteiger partial charge in [-0.1, -0.05) is 55.4 Å². The number of nitrogens with zero attached hydrogens (tertiary/aromatic N) is 2. The third-order valence-corrected chi connectivity index (χ3v) is 5.82. The summed E-state index contributed by atoms with van der Waals surface area (Å²) in [5.74, 6) is -0.627. The average molecular weight is 449 g/mol. The number of carbonyl (C=O) groups is 2. The number of carbonyl (C=O) groups excluding carboxylic acids is 2. The predicted octanol–water partition coefficient (Wildman–Crippen LogP) is 3.48. The summed E-state index contributed by atoms with van der Waals surface area (Å²) in [6.45, 7) is 5.96. The summed E-state index contributed by atoms with van der Waals surface area (Å²) in [5.41, 5.74) is 0.599. The van der Waals surface area contributed by atoms with E-state index in [0.29, 0.717) is 11.3 Å². The number of amides is 1. The van der Waals surface area contributed by atoms with Crippen molar-refractivity contribution in [3.8, 4) is 0 Å². The zero-order valence-corrected chi connectivity index (χ0v) is 19.0. The molecule has 3 aromatic rings. The first-order valence-electron chi connectivity index (χ1n) is 11.1. The number of H-pyrrole nitrogens is 1. The molecule has 8 heteroatoms. The molecule has 2 N–H and O–H groups in total. The second-order valence-electron chi connectivity index (χ2n) is 8.50. The number of imidazole rings is 1. The van der Waals surface area contributed by atoms with E-state index in [4.69, 9.17) is 9.57 Å². The lowest BCUT2D eigenvalue weighted by Crippen LogP contribution is -2.46. The molecule has 0 fully saturated rings. The highest BCUT2D eigenvalue weighted by molar-refractivity contribution is 6.00. The molecule has 1 unspecified atom stereocenters. The Morgan fingerprint density at radius 2 is 2.00 bits per heavy atom. The topological polar surface area (TPSA) is 106 Å². The Bertz CT molecular complexity index is 1170. The van der Waals surface area contributed by atoms with Crippen LogP contribution in [0, 0.1) is 5.92 Å². The summed E-state index contributed by atoms with van der Waals surface area (Å²) in [5, 5.41) is 9.39. The molecule has 8 nitrogen and oxygen atoms in total. The van der Waals surface area contributed by atoms with Gasteiger partial charge in [0.05, 0.1) is 31.1 Å². The van der Waals surface area contributed by atoms with Gasteiger partial charge in [-0.25, -0.2) is 9.78 Å². The van der Waals surface area contributed by atoms with E-state index in [1.165, 1.54) is 6.33 Å². The SMILES string of the molecule is CCOC(=O)C1(c2ccc3ccccc3c2)CC([C@@H](NC(=O)Cc2cnc[nH]2)C(C)C)=NO1. The Balaban J connectivity index is 1.61. The van der Waals surface area contributed by atoms with Gasteiger partial charge in [-0.2, -0.15) is 0 Å². The second-order valence-corrected chi connectivity index (χ2v) is 8.50. The van der Waals surface area contributed by atoms with Gasteiger partial charge in [-0.15, -0.1) is 0 Å². The number of oxime groups is 1. The molecule has 0 bridgehead atoms. The van der Waals surface area contributed by atoms with Crippen LogP contribution in [0.25, 0.3) is 10.8 Å². The molecule has 2 heterocycles. The molecule has 4 rings (SSSR count). The van der Waals surface area contributed by atoms with Gasteiger partial charge >= 0.3 is 5.97 Å². The first kappa shape index (κ1) is 22.5. The van der Waals surface area contributed by atoms with Crippen LogP contribution in [0.4, 0.5) is 0 Å². The number of hydrogen-bond donors (Lipinski definition) is 2. The van der Waals surface area contributed by atoms with Gasteiger partial charge in [0.2, 0.25) is 5.91 Å². The summed E-state index contributed by atoms with van der Waals surface area (Å²) in [6, 6.07) is 13.3. The number of esters is 1. The molecule has 0 radical (unpaired) electrons. The molecule has 1 amide bonds. The normalized spacial score (nSPS) is 18.6. The molecule has 0 saturated heterocycles. The number of aromatic amines is 1. The van der Waals surface area contributed by atoms with Crippen LogP contribution in [0.2, 0.25) is 0 Å². The van der Waals surface area contributed by atoms with Crippen molar-refractivity contribution in [2.45, 2.75) is 45.3 Å².